The highest BCUT2D eigenvalue weighted by Crippen LogP contribution is 2.26. The SMILES string of the molecule is O=C(Nc1cccc(-c2ccco2)c1)C1CCN(Cc2cccc3cccnc23)CC1. The Morgan fingerprint density at radius 2 is 1.87 bits per heavy atom. The van der Waals surface area contributed by atoms with Gasteiger partial charge in [0.25, 0.3) is 0 Å². The molecule has 5 rings (SSSR count). The molecule has 1 N–H and O–H groups in total. The summed E-state index contributed by atoms with van der Waals surface area (Å²) < 4.78 is 5.46. The van der Waals surface area contributed by atoms with Gasteiger partial charge in [-0.05, 0) is 61.8 Å². The number of benzene rings is 2. The van der Waals surface area contributed by atoms with E-state index in [-0.39, 0.29) is 11.8 Å². The van der Waals surface area contributed by atoms with Crippen molar-refractivity contribution in [3.63, 3.8) is 0 Å². The smallest absolute Gasteiger partial charge is 0.227 e. The number of aromatic nitrogens is 1. The maximum atomic E-state index is 12.8. The monoisotopic (exact) mass is 411 g/mol. The van der Waals surface area contributed by atoms with Crippen LogP contribution in [0.4, 0.5) is 5.69 Å². The van der Waals surface area contributed by atoms with Crippen molar-refractivity contribution in [2.45, 2.75) is 19.4 Å². The summed E-state index contributed by atoms with van der Waals surface area (Å²) in [5.74, 6) is 0.935. The third-order valence-electron chi connectivity index (χ3n) is 6.00. The van der Waals surface area contributed by atoms with E-state index in [0.29, 0.717) is 0 Å². The minimum absolute atomic E-state index is 0.0363. The average Bonchev–Trinajstić information content (AvgIpc) is 3.35. The number of para-hydroxylation sites is 1. The number of likely N-dealkylation sites (tertiary alicyclic amines) is 1. The number of carbonyl (C=O) groups is 1. The molecular formula is C26H25N3O2. The Hall–Kier alpha value is -3.44. The van der Waals surface area contributed by atoms with Crippen LogP contribution >= 0.6 is 0 Å². The van der Waals surface area contributed by atoms with Crippen molar-refractivity contribution < 1.29 is 9.21 Å². The number of furan rings is 1. The average molecular weight is 412 g/mol. The molecule has 1 aliphatic heterocycles. The van der Waals surface area contributed by atoms with E-state index < -0.39 is 0 Å². The number of anilines is 1. The number of carbonyl (C=O) groups excluding carboxylic acids is 1. The van der Waals surface area contributed by atoms with Crippen LogP contribution in [-0.2, 0) is 11.3 Å². The Kier molecular flexibility index (Phi) is 5.50. The summed E-state index contributed by atoms with van der Waals surface area (Å²) in [4.78, 5) is 19.8. The van der Waals surface area contributed by atoms with Crippen molar-refractivity contribution in [2.24, 2.45) is 5.92 Å². The molecule has 0 saturated carbocycles. The van der Waals surface area contributed by atoms with Gasteiger partial charge in [-0.3, -0.25) is 14.7 Å². The van der Waals surface area contributed by atoms with E-state index in [4.69, 9.17) is 4.42 Å². The third-order valence-corrected chi connectivity index (χ3v) is 6.00. The van der Waals surface area contributed by atoms with Crippen molar-refractivity contribution in [2.75, 3.05) is 18.4 Å². The molecule has 2 aromatic heterocycles. The van der Waals surface area contributed by atoms with Crippen molar-refractivity contribution in [3.05, 3.63) is 84.8 Å². The molecule has 5 nitrogen and oxygen atoms in total. The molecule has 0 atom stereocenters. The van der Waals surface area contributed by atoms with Gasteiger partial charge in [0, 0.05) is 35.3 Å². The lowest BCUT2D eigenvalue weighted by Gasteiger charge is -2.31. The van der Waals surface area contributed by atoms with Gasteiger partial charge in [0.15, 0.2) is 0 Å². The van der Waals surface area contributed by atoms with Gasteiger partial charge in [0.1, 0.15) is 5.76 Å². The van der Waals surface area contributed by atoms with Crippen LogP contribution in [-0.4, -0.2) is 28.9 Å². The van der Waals surface area contributed by atoms with Gasteiger partial charge >= 0.3 is 0 Å². The van der Waals surface area contributed by atoms with Crippen molar-refractivity contribution in [1.29, 1.82) is 0 Å². The van der Waals surface area contributed by atoms with Gasteiger partial charge in [-0.2, -0.15) is 0 Å². The molecule has 2 aromatic carbocycles. The lowest BCUT2D eigenvalue weighted by atomic mass is 9.95. The highest BCUT2D eigenvalue weighted by Gasteiger charge is 2.25. The van der Waals surface area contributed by atoms with E-state index in [1.807, 2.05) is 48.7 Å². The van der Waals surface area contributed by atoms with Crippen LogP contribution in [0, 0.1) is 5.92 Å². The Labute approximate surface area is 181 Å². The molecule has 0 bridgehead atoms. The summed E-state index contributed by atoms with van der Waals surface area (Å²) in [6, 6.07) is 22.0. The number of nitrogens with one attached hydrogen (secondary N) is 1. The first-order valence-electron chi connectivity index (χ1n) is 10.8. The number of rotatable bonds is 5. The van der Waals surface area contributed by atoms with Gasteiger partial charge in [-0.25, -0.2) is 0 Å². The fraction of sp³-hybridized carbons (Fsp3) is 0.231. The molecule has 0 radical (unpaired) electrons. The van der Waals surface area contributed by atoms with Crippen molar-refractivity contribution >= 4 is 22.5 Å². The number of amides is 1. The molecule has 1 aliphatic rings. The molecule has 5 heteroatoms. The molecular weight excluding hydrogens is 386 g/mol. The molecule has 31 heavy (non-hydrogen) atoms. The zero-order chi connectivity index (χ0) is 21.0. The first-order valence-corrected chi connectivity index (χ1v) is 10.8. The number of hydrogen-bond donors (Lipinski definition) is 1. The zero-order valence-electron chi connectivity index (χ0n) is 17.3. The van der Waals surface area contributed by atoms with E-state index in [2.05, 4.69) is 39.5 Å². The molecule has 0 aliphatic carbocycles. The predicted octanol–water partition coefficient (Wildman–Crippen LogP) is 5.35. The van der Waals surface area contributed by atoms with Crippen molar-refractivity contribution in [1.82, 2.24) is 9.88 Å². The zero-order valence-corrected chi connectivity index (χ0v) is 17.3. The number of pyridine rings is 1. The highest BCUT2D eigenvalue weighted by atomic mass is 16.3. The Morgan fingerprint density at radius 3 is 2.71 bits per heavy atom. The van der Waals surface area contributed by atoms with E-state index in [1.165, 1.54) is 10.9 Å². The number of nitrogens with zero attached hydrogens (tertiary/aromatic N) is 2. The maximum Gasteiger partial charge on any atom is 0.227 e. The van der Waals surface area contributed by atoms with Gasteiger partial charge < -0.3 is 9.73 Å². The van der Waals surface area contributed by atoms with Crippen LogP contribution < -0.4 is 5.32 Å². The van der Waals surface area contributed by atoms with Crippen LogP contribution in [0.25, 0.3) is 22.2 Å². The second kappa shape index (κ2) is 8.74. The van der Waals surface area contributed by atoms with E-state index >= 15 is 0 Å². The summed E-state index contributed by atoms with van der Waals surface area (Å²) in [5, 5.41) is 4.27. The fourth-order valence-corrected chi connectivity index (χ4v) is 4.33. The lowest BCUT2D eigenvalue weighted by molar-refractivity contribution is -0.121. The second-order valence-electron chi connectivity index (χ2n) is 8.09. The minimum Gasteiger partial charge on any atom is -0.464 e. The van der Waals surface area contributed by atoms with Crippen LogP contribution in [0.15, 0.2) is 83.6 Å². The Bertz CT molecular complexity index is 1170. The summed E-state index contributed by atoms with van der Waals surface area (Å²) in [6.45, 7) is 2.69. The molecule has 3 heterocycles. The minimum atomic E-state index is 0.0363. The topological polar surface area (TPSA) is 58.4 Å². The first-order chi connectivity index (χ1) is 15.3. The second-order valence-corrected chi connectivity index (χ2v) is 8.09. The number of hydrogen-bond acceptors (Lipinski definition) is 4. The quantitative estimate of drug-likeness (QED) is 0.481. The maximum absolute atomic E-state index is 12.8. The van der Waals surface area contributed by atoms with Crippen molar-refractivity contribution in [3.8, 4) is 11.3 Å². The van der Waals surface area contributed by atoms with E-state index in [9.17, 15) is 4.79 Å². The molecule has 0 spiro atoms. The normalized spacial score (nSPS) is 15.2. The summed E-state index contributed by atoms with van der Waals surface area (Å²) in [6.07, 6.45) is 5.23. The summed E-state index contributed by atoms with van der Waals surface area (Å²) in [5.41, 5.74) is 4.08. The van der Waals surface area contributed by atoms with Crippen LogP contribution in [0.3, 0.4) is 0 Å². The van der Waals surface area contributed by atoms with Gasteiger partial charge in [0.2, 0.25) is 5.91 Å². The summed E-state index contributed by atoms with van der Waals surface area (Å²) >= 11 is 0. The largest absolute Gasteiger partial charge is 0.464 e. The van der Waals surface area contributed by atoms with Crippen LogP contribution in [0.2, 0.25) is 0 Å². The van der Waals surface area contributed by atoms with E-state index in [1.54, 1.807) is 6.26 Å². The van der Waals surface area contributed by atoms with E-state index in [0.717, 1.165) is 55.0 Å². The number of piperidine rings is 1. The van der Waals surface area contributed by atoms with Gasteiger partial charge in [-0.1, -0.05) is 36.4 Å². The standard InChI is InChI=1S/C26H25N3O2/c30-26(28-23-9-2-6-21(17-23)24-10-4-16-31-24)20-11-14-29(15-12-20)18-22-7-1-5-19-8-3-13-27-25(19)22/h1-10,13,16-17,20H,11-12,14-15,18H2,(H,28,30). The molecule has 1 fully saturated rings. The molecule has 0 unspecified atom stereocenters. The molecule has 4 aromatic rings. The predicted molar refractivity (Wildman–Crippen MR) is 123 cm³/mol. The lowest BCUT2D eigenvalue weighted by Crippen LogP contribution is -2.37. The van der Waals surface area contributed by atoms with Gasteiger partial charge in [-0.15, -0.1) is 0 Å². The first kappa shape index (κ1) is 19.5. The Morgan fingerprint density at radius 1 is 1.03 bits per heavy atom. The summed E-state index contributed by atoms with van der Waals surface area (Å²) in [7, 11) is 0. The number of fused-ring (bicyclic) bond motifs is 1. The highest BCUT2D eigenvalue weighted by molar-refractivity contribution is 5.93. The molecule has 156 valence electrons. The molecule has 1 saturated heterocycles. The van der Waals surface area contributed by atoms with Gasteiger partial charge in [0.05, 0.1) is 11.8 Å². The third kappa shape index (κ3) is 4.37. The van der Waals surface area contributed by atoms with Crippen LogP contribution in [0.5, 0.6) is 0 Å². The molecule has 1 amide bonds. The Balaban J connectivity index is 1.19. The fourth-order valence-electron chi connectivity index (χ4n) is 4.33. The van der Waals surface area contributed by atoms with Crippen LogP contribution in [0.1, 0.15) is 18.4 Å².